The number of anilines is 2. The lowest BCUT2D eigenvalue weighted by Crippen LogP contribution is -2.35. The maximum Gasteiger partial charge on any atom is 0.241 e. The van der Waals surface area contributed by atoms with Crippen molar-refractivity contribution in [1.29, 1.82) is 0 Å². The molecule has 1 heterocycles. The van der Waals surface area contributed by atoms with Gasteiger partial charge in [0.05, 0.1) is 0 Å². The van der Waals surface area contributed by atoms with Crippen LogP contribution in [-0.4, -0.2) is 24.0 Å². The van der Waals surface area contributed by atoms with E-state index in [4.69, 9.17) is 5.73 Å². The molecule has 1 unspecified atom stereocenters. The zero-order valence-corrected chi connectivity index (χ0v) is 10.4. The molecule has 18 heavy (non-hydrogen) atoms. The molecule has 1 aromatic heterocycles. The van der Waals surface area contributed by atoms with E-state index in [2.05, 4.69) is 15.6 Å². The molecule has 94 valence electrons. The summed E-state index contributed by atoms with van der Waals surface area (Å²) in [5, 5.41) is 7.61. The van der Waals surface area contributed by atoms with E-state index in [0.717, 1.165) is 16.5 Å². The SMILES string of the molecule is CNC(=O)C(C)Nc1ccc(N)c2cnccc12. The molecule has 0 aliphatic rings. The van der Waals surface area contributed by atoms with Gasteiger partial charge in [-0.2, -0.15) is 0 Å². The van der Waals surface area contributed by atoms with E-state index in [-0.39, 0.29) is 11.9 Å². The minimum Gasteiger partial charge on any atom is -0.398 e. The van der Waals surface area contributed by atoms with E-state index >= 15 is 0 Å². The van der Waals surface area contributed by atoms with Crippen molar-refractivity contribution in [2.45, 2.75) is 13.0 Å². The fourth-order valence-electron chi connectivity index (χ4n) is 1.85. The number of pyridine rings is 1. The quantitative estimate of drug-likeness (QED) is 0.712. The minimum absolute atomic E-state index is 0.0611. The maximum absolute atomic E-state index is 11.5. The normalized spacial score (nSPS) is 12.1. The van der Waals surface area contributed by atoms with E-state index in [1.54, 1.807) is 19.4 Å². The fourth-order valence-corrected chi connectivity index (χ4v) is 1.85. The molecule has 0 bridgehead atoms. The number of carbonyl (C=O) groups excluding carboxylic acids is 1. The molecule has 0 aliphatic heterocycles. The number of hydrogen-bond donors (Lipinski definition) is 3. The van der Waals surface area contributed by atoms with Crippen molar-refractivity contribution < 1.29 is 4.79 Å². The van der Waals surface area contributed by atoms with Gasteiger partial charge in [0, 0.05) is 41.6 Å². The third-order valence-corrected chi connectivity index (χ3v) is 2.86. The van der Waals surface area contributed by atoms with Crippen LogP contribution in [0.15, 0.2) is 30.6 Å². The van der Waals surface area contributed by atoms with Crippen LogP contribution in [-0.2, 0) is 4.79 Å². The molecule has 0 saturated heterocycles. The summed E-state index contributed by atoms with van der Waals surface area (Å²) in [6.45, 7) is 1.81. The van der Waals surface area contributed by atoms with Crippen molar-refractivity contribution in [3.63, 3.8) is 0 Å². The van der Waals surface area contributed by atoms with Crippen molar-refractivity contribution in [1.82, 2.24) is 10.3 Å². The second kappa shape index (κ2) is 4.91. The highest BCUT2D eigenvalue weighted by Crippen LogP contribution is 2.27. The summed E-state index contributed by atoms with van der Waals surface area (Å²) in [6, 6.07) is 5.25. The number of nitrogens with one attached hydrogen (secondary N) is 2. The highest BCUT2D eigenvalue weighted by atomic mass is 16.2. The van der Waals surface area contributed by atoms with Crippen LogP contribution in [0.3, 0.4) is 0 Å². The van der Waals surface area contributed by atoms with Crippen LogP contribution in [0, 0.1) is 0 Å². The average molecular weight is 244 g/mol. The number of aromatic nitrogens is 1. The van der Waals surface area contributed by atoms with Gasteiger partial charge in [-0.05, 0) is 25.1 Å². The molecule has 2 aromatic rings. The molecule has 1 amide bonds. The lowest BCUT2D eigenvalue weighted by molar-refractivity contribution is -0.121. The predicted molar refractivity (Wildman–Crippen MR) is 73.3 cm³/mol. The van der Waals surface area contributed by atoms with Gasteiger partial charge < -0.3 is 16.4 Å². The summed E-state index contributed by atoms with van der Waals surface area (Å²) < 4.78 is 0. The molecule has 1 atom stereocenters. The number of nitrogens with two attached hydrogens (primary N) is 1. The van der Waals surface area contributed by atoms with E-state index < -0.39 is 0 Å². The van der Waals surface area contributed by atoms with Crippen LogP contribution < -0.4 is 16.4 Å². The van der Waals surface area contributed by atoms with Crippen molar-refractivity contribution in [3.05, 3.63) is 30.6 Å². The van der Waals surface area contributed by atoms with Gasteiger partial charge in [-0.25, -0.2) is 0 Å². The van der Waals surface area contributed by atoms with Crippen LogP contribution in [0.4, 0.5) is 11.4 Å². The molecule has 0 radical (unpaired) electrons. The Morgan fingerprint density at radius 3 is 2.83 bits per heavy atom. The zero-order chi connectivity index (χ0) is 13.1. The lowest BCUT2D eigenvalue weighted by Gasteiger charge is -2.16. The van der Waals surface area contributed by atoms with Crippen molar-refractivity contribution >= 4 is 28.1 Å². The van der Waals surface area contributed by atoms with Crippen LogP contribution in [0.5, 0.6) is 0 Å². The number of fused-ring (bicyclic) bond motifs is 1. The molecule has 0 fully saturated rings. The first-order valence-corrected chi connectivity index (χ1v) is 5.74. The number of rotatable bonds is 3. The third kappa shape index (κ3) is 2.20. The van der Waals surface area contributed by atoms with E-state index in [1.165, 1.54) is 0 Å². The summed E-state index contributed by atoms with van der Waals surface area (Å²) in [7, 11) is 1.62. The number of benzene rings is 1. The summed E-state index contributed by atoms with van der Waals surface area (Å²) >= 11 is 0. The largest absolute Gasteiger partial charge is 0.398 e. The highest BCUT2D eigenvalue weighted by Gasteiger charge is 2.12. The molecular formula is C13H16N4O. The van der Waals surface area contributed by atoms with Gasteiger partial charge in [0.1, 0.15) is 6.04 Å². The van der Waals surface area contributed by atoms with Gasteiger partial charge in [0.25, 0.3) is 0 Å². The predicted octanol–water partition coefficient (Wildman–Crippen LogP) is 1.36. The Bertz CT molecular complexity index is 582. The molecule has 2 rings (SSSR count). The van der Waals surface area contributed by atoms with Crippen LogP contribution in [0.2, 0.25) is 0 Å². The number of hydrogen-bond acceptors (Lipinski definition) is 4. The number of nitrogens with zero attached hydrogens (tertiary/aromatic N) is 1. The number of carbonyl (C=O) groups is 1. The Morgan fingerprint density at radius 1 is 1.33 bits per heavy atom. The highest BCUT2D eigenvalue weighted by molar-refractivity contribution is 6.01. The Kier molecular flexibility index (Phi) is 3.32. The number of likely N-dealkylation sites (N-methyl/N-ethyl adjacent to an activating group) is 1. The van der Waals surface area contributed by atoms with E-state index in [1.807, 2.05) is 25.1 Å². The number of amides is 1. The average Bonchev–Trinajstić information content (AvgIpc) is 2.41. The topological polar surface area (TPSA) is 80.0 Å². The van der Waals surface area contributed by atoms with Gasteiger partial charge in [-0.1, -0.05) is 0 Å². The van der Waals surface area contributed by atoms with Crippen molar-refractivity contribution in [3.8, 4) is 0 Å². The van der Waals surface area contributed by atoms with Crippen LogP contribution >= 0.6 is 0 Å². The summed E-state index contributed by atoms with van der Waals surface area (Å²) in [4.78, 5) is 15.6. The monoisotopic (exact) mass is 244 g/mol. The molecule has 0 saturated carbocycles. The van der Waals surface area contributed by atoms with Crippen LogP contribution in [0.1, 0.15) is 6.92 Å². The molecular weight excluding hydrogens is 228 g/mol. The fraction of sp³-hybridized carbons (Fsp3) is 0.231. The molecule has 0 aliphatic carbocycles. The summed E-state index contributed by atoms with van der Waals surface area (Å²) in [5.41, 5.74) is 7.44. The number of nitrogen functional groups attached to an aromatic ring is 1. The lowest BCUT2D eigenvalue weighted by atomic mass is 10.1. The van der Waals surface area contributed by atoms with E-state index in [9.17, 15) is 4.79 Å². The first kappa shape index (κ1) is 12.2. The van der Waals surface area contributed by atoms with Gasteiger partial charge in [-0.15, -0.1) is 0 Å². The molecule has 4 N–H and O–H groups in total. The van der Waals surface area contributed by atoms with Crippen molar-refractivity contribution in [2.75, 3.05) is 18.1 Å². The molecule has 1 aromatic carbocycles. The van der Waals surface area contributed by atoms with Gasteiger partial charge in [-0.3, -0.25) is 9.78 Å². The Balaban J connectivity index is 2.40. The van der Waals surface area contributed by atoms with Gasteiger partial charge >= 0.3 is 0 Å². The third-order valence-electron chi connectivity index (χ3n) is 2.86. The molecule has 0 spiro atoms. The van der Waals surface area contributed by atoms with Crippen molar-refractivity contribution in [2.24, 2.45) is 0 Å². The second-order valence-electron chi connectivity index (χ2n) is 4.10. The van der Waals surface area contributed by atoms with Crippen LogP contribution in [0.25, 0.3) is 10.8 Å². The zero-order valence-electron chi connectivity index (χ0n) is 10.4. The Hall–Kier alpha value is -2.30. The first-order valence-electron chi connectivity index (χ1n) is 5.74. The molecule has 5 nitrogen and oxygen atoms in total. The summed E-state index contributed by atoms with van der Waals surface area (Å²) in [5.74, 6) is -0.0611. The van der Waals surface area contributed by atoms with E-state index in [0.29, 0.717) is 5.69 Å². The minimum atomic E-state index is -0.310. The maximum atomic E-state index is 11.5. The van der Waals surface area contributed by atoms with Gasteiger partial charge in [0.15, 0.2) is 0 Å². The smallest absolute Gasteiger partial charge is 0.241 e. The van der Waals surface area contributed by atoms with Gasteiger partial charge in [0.2, 0.25) is 5.91 Å². The Labute approximate surface area is 105 Å². The standard InChI is InChI=1S/C13H16N4O/c1-8(13(18)15-2)17-12-4-3-11(14)10-7-16-6-5-9(10)12/h3-8,17H,14H2,1-2H3,(H,15,18). The summed E-state index contributed by atoms with van der Waals surface area (Å²) in [6.07, 6.45) is 3.43. The second-order valence-corrected chi connectivity index (χ2v) is 4.10. The Morgan fingerprint density at radius 2 is 2.11 bits per heavy atom. The first-order chi connectivity index (χ1) is 8.63. The molecule has 5 heteroatoms.